The molecule has 3 nitrogen and oxygen atoms in total. The van der Waals surface area contributed by atoms with Gasteiger partial charge in [-0.05, 0) is 26.3 Å². The molecule has 1 aromatic heterocycles. The molecule has 1 aliphatic heterocycles. The second-order valence-corrected chi connectivity index (χ2v) is 6.54. The summed E-state index contributed by atoms with van der Waals surface area (Å²) in [4.78, 5) is 7.55. The lowest BCUT2D eigenvalue weighted by Gasteiger charge is -2.33. The van der Waals surface area contributed by atoms with Crippen molar-refractivity contribution >= 4 is 16.5 Å². The minimum Gasteiger partial charge on any atom is -0.347 e. The molecule has 2 rings (SSSR count). The molecule has 1 aromatic rings. The number of hydrogen-bond donors (Lipinski definition) is 1. The minimum absolute atomic E-state index is 0.0432. The molecule has 1 fully saturated rings. The van der Waals surface area contributed by atoms with Gasteiger partial charge in [0.15, 0.2) is 5.13 Å². The van der Waals surface area contributed by atoms with Crippen molar-refractivity contribution in [1.29, 1.82) is 0 Å². The molecule has 21 heavy (non-hydrogen) atoms. The second-order valence-electron chi connectivity index (χ2n) is 5.47. The molecule has 1 atom stereocenters. The number of anilines is 1. The molecule has 0 spiro atoms. The van der Waals surface area contributed by atoms with Crippen molar-refractivity contribution < 1.29 is 13.2 Å². The highest BCUT2D eigenvalue weighted by molar-refractivity contribution is 7.15. The van der Waals surface area contributed by atoms with Crippen LogP contribution in [0.5, 0.6) is 0 Å². The Morgan fingerprint density at radius 3 is 2.81 bits per heavy atom. The van der Waals surface area contributed by atoms with Gasteiger partial charge in [0.1, 0.15) is 0 Å². The highest BCUT2D eigenvalue weighted by atomic mass is 32.1. The maximum atomic E-state index is 12.9. The normalized spacial score (nSPS) is 20.0. The van der Waals surface area contributed by atoms with Crippen molar-refractivity contribution in [2.45, 2.75) is 45.3 Å². The van der Waals surface area contributed by atoms with Crippen LogP contribution in [0, 0.1) is 5.92 Å². The zero-order valence-corrected chi connectivity index (χ0v) is 13.3. The van der Waals surface area contributed by atoms with Gasteiger partial charge in [-0.15, -0.1) is 11.3 Å². The van der Waals surface area contributed by atoms with E-state index in [2.05, 4.69) is 17.2 Å². The first-order chi connectivity index (χ1) is 9.95. The van der Waals surface area contributed by atoms with Crippen LogP contribution >= 0.6 is 11.3 Å². The Hall–Kier alpha value is -0.820. The Morgan fingerprint density at radius 1 is 1.43 bits per heavy atom. The van der Waals surface area contributed by atoms with E-state index in [1.807, 2.05) is 11.9 Å². The molecule has 1 unspecified atom stereocenters. The van der Waals surface area contributed by atoms with E-state index in [4.69, 9.17) is 0 Å². The van der Waals surface area contributed by atoms with Crippen LogP contribution in [0.3, 0.4) is 0 Å². The van der Waals surface area contributed by atoms with Crippen molar-refractivity contribution in [2.24, 2.45) is 5.92 Å². The molecular weight excluding hydrogens is 299 g/mol. The van der Waals surface area contributed by atoms with Gasteiger partial charge in [0.05, 0.1) is 11.6 Å². The Bertz CT molecular complexity index is 435. The molecule has 2 heterocycles. The lowest BCUT2D eigenvalue weighted by atomic mass is 9.98. The number of aromatic nitrogens is 1. The van der Waals surface area contributed by atoms with Gasteiger partial charge < -0.3 is 10.2 Å². The predicted molar refractivity (Wildman–Crippen MR) is 79.9 cm³/mol. The number of hydrogen-bond acceptors (Lipinski definition) is 4. The smallest absolute Gasteiger partial charge is 0.347 e. The van der Waals surface area contributed by atoms with Crippen molar-refractivity contribution in [3.63, 3.8) is 0 Å². The Labute approximate surface area is 127 Å². The number of halogens is 3. The number of piperidine rings is 1. The minimum atomic E-state index is -4.10. The molecule has 0 aromatic carbocycles. The molecule has 1 aliphatic rings. The SMILES string of the molecule is CCCc1nc(N2CCCC(C(F)(F)F)C2)sc1CNC. The van der Waals surface area contributed by atoms with E-state index in [0.29, 0.717) is 13.0 Å². The van der Waals surface area contributed by atoms with Crippen LogP contribution in [0.4, 0.5) is 18.3 Å². The fraction of sp³-hybridized carbons (Fsp3) is 0.786. The molecule has 0 saturated carbocycles. The number of nitrogens with zero attached hydrogens (tertiary/aromatic N) is 2. The third-order valence-electron chi connectivity index (χ3n) is 3.75. The van der Waals surface area contributed by atoms with Gasteiger partial charge in [-0.3, -0.25) is 0 Å². The number of thiazole rings is 1. The summed E-state index contributed by atoms with van der Waals surface area (Å²) in [5, 5.41) is 3.85. The zero-order valence-electron chi connectivity index (χ0n) is 12.5. The largest absolute Gasteiger partial charge is 0.393 e. The van der Waals surface area contributed by atoms with Crippen LogP contribution in [-0.2, 0) is 13.0 Å². The van der Waals surface area contributed by atoms with Gasteiger partial charge in [-0.1, -0.05) is 13.3 Å². The summed E-state index contributed by atoms with van der Waals surface area (Å²) in [7, 11) is 1.87. The molecule has 0 radical (unpaired) electrons. The summed E-state index contributed by atoms with van der Waals surface area (Å²) in [6.45, 7) is 3.53. The summed E-state index contributed by atoms with van der Waals surface area (Å²) >= 11 is 1.53. The zero-order chi connectivity index (χ0) is 15.5. The Balaban J connectivity index is 2.15. The van der Waals surface area contributed by atoms with Crippen LogP contribution in [0.1, 0.15) is 36.8 Å². The van der Waals surface area contributed by atoms with Crippen molar-refractivity contribution in [1.82, 2.24) is 10.3 Å². The summed E-state index contributed by atoms with van der Waals surface area (Å²) in [6, 6.07) is 0. The monoisotopic (exact) mass is 321 g/mol. The summed E-state index contributed by atoms with van der Waals surface area (Å²) < 4.78 is 38.7. The first-order valence-electron chi connectivity index (χ1n) is 7.40. The number of rotatable bonds is 5. The maximum absolute atomic E-state index is 12.9. The van der Waals surface area contributed by atoms with Crippen molar-refractivity contribution in [3.8, 4) is 0 Å². The van der Waals surface area contributed by atoms with E-state index in [1.54, 1.807) is 0 Å². The van der Waals surface area contributed by atoms with Crippen LogP contribution in [0.2, 0.25) is 0 Å². The summed E-state index contributed by atoms with van der Waals surface area (Å²) in [5.74, 6) is -1.22. The van der Waals surface area contributed by atoms with Gasteiger partial charge in [-0.2, -0.15) is 13.2 Å². The molecule has 120 valence electrons. The van der Waals surface area contributed by atoms with Crippen LogP contribution in [0.25, 0.3) is 0 Å². The van der Waals surface area contributed by atoms with E-state index in [1.165, 1.54) is 11.3 Å². The third-order valence-corrected chi connectivity index (χ3v) is 4.90. The fourth-order valence-electron chi connectivity index (χ4n) is 2.65. The van der Waals surface area contributed by atoms with E-state index in [9.17, 15) is 13.2 Å². The van der Waals surface area contributed by atoms with Crippen LogP contribution in [-0.4, -0.2) is 31.3 Å². The quantitative estimate of drug-likeness (QED) is 0.898. The molecule has 7 heteroatoms. The Kier molecular flexibility index (Phi) is 5.48. The highest BCUT2D eigenvalue weighted by Crippen LogP contribution is 2.36. The first-order valence-corrected chi connectivity index (χ1v) is 8.22. The first kappa shape index (κ1) is 16.5. The van der Waals surface area contributed by atoms with E-state index in [-0.39, 0.29) is 13.0 Å². The molecular formula is C14H22F3N3S. The molecule has 1 saturated heterocycles. The standard InChI is InChI=1S/C14H22F3N3S/c1-3-5-11-12(8-18-2)21-13(19-11)20-7-4-6-10(9-20)14(15,16)17/h10,18H,3-9H2,1-2H3. The average molecular weight is 321 g/mol. The maximum Gasteiger partial charge on any atom is 0.393 e. The number of nitrogens with one attached hydrogen (secondary N) is 1. The van der Waals surface area contributed by atoms with Gasteiger partial charge in [-0.25, -0.2) is 4.98 Å². The lowest BCUT2D eigenvalue weighted by molar-refractivity contribution is -0.175. The fourth-order valence-corrected chi connectivity index (χ4v) is 3.81. The summed E-state index contributed by atoms with van der Waals surface area (Å²) in [6.07, 6.45) is -1.42. The van der Waals surface area contributed by atoms with E-state index < -0.39 is 12.1 Å². The molecule has 0 aliphatic carbocycles. The van der Waals surface area contributed by atoms with Crippen molar-refractivity contribution in [3.05, 3.63) is 10.6 Å². The number of alkyl halides is 3. The van der Waals surface area contributed by atoms with Gasteiger partial charge in [0, 0.05) is 24.5 Å². The van der Waals surface area contributed by atoms with Crippen LogP contribution < -0.4 is 10.2 Å². The number of aryl methyl sites for hydroxylation is 1. The lowest BCUT2D eigenvalue weighted by Crippen LogP contribution is -2.41. The second kappa shape index (κ2) is 6.96. The highest BCUT2D eigenvalue weighted by Gasteiger charge is 2.42. The Morgan fingerprint density at radius 2 is 2.19 bits per heavy atom. The van der Waals surface area contributed by atoms with Crippen LogP contribution in [0.15, 0.2) is 0 Å². The van der Waals surface area contributed by atoms with E-state index in [0.717, 1.165) is 35.1 Å². The van der Waals surface area contributed by atoms with Gasteiger partial charge >= 0.3 is 6.18 Å². The topological polar surface area (TPSA) is 28.2 Å². The predicted octanol–water partition coefficient (Wildman–Crippen LogP) is 3.59. The third kappa shape index (κ3) is 4.10. The van der Waals surface area contributed by atoms with Gasteiger partial charge in [0.2, 0.25) is 0 Å². The molecule has 1 N–H and O–H groups in total. The van der Waals surface area contributed by atoms with Gasteiger partial charge in [0.25, 0.3) is 0 Å². The average Bonchev–Trinajstić information content (AvgIpc) is 2.82. The van der Waals surface area contributed by atoms with Crippen molar-refractivity contribution in [2.75, 3.05) is 25.0 Å². The molecule has 0 bridgehead atoms. The van der Waals surface area contributed by atoms with E-state index >= 15 is 0 Å². The molecule has 0 amide bonds. The summed E-state index contributed by atoms with van der Waals surface area (Å²) in [5.41, 5.74) is 1.03.